The molecule has 6 nitrogen and oxygen atoms in total. The van der Waals surface area contributed by atoms with Crippen LogP contribution < -0.4 is 0 Å². The molecule has 2 aromatic rings. The summed E-state index contributed by atoms with van der Waals surface area (Å²) in [6.45, 7) is 5.72. The highest BCUT2D eigenvalue weighted by atomic mass is 16.3. The van der Waals surface area contributed by atoms with Crippen LogP contribution in [0.5, 0.6) is 0 Å². The molecule has 1 aliphatic heterocycles. The van der Waals surface area contributed by atoms with Crippen molar-refractivity contribution in [3.8, 4) is 0 Å². The summed E-state index contributed by atoms with van der Waals surface area (Å²) in [7, 11) is 2.07. The third kappa shape index (κ3) is 4.18. The summed E-state index contributed by atoms with van der Waals surface area (Å²) >= 11 is 0. The largest absolute Gasteiger partial charge is 0.483 e. The van der Waals surface area contributed by atoms with Crippen molar-refractivity contribution in [2.45, 2.75) is 33.1 Å². The summed E-state index contributed by atoms with van der Waals surface area (Å²) in [6.07, 6.45) is 6.83. The van der Waals surface area contributed by atoms with E-state index in [2.05, 4.69) is 48.8 Å². The van der Waals surface area contributed by atoms with Gasteiger partial charge in [-0.2, -0.15) is 0 Å². The van der Waals surface area contributed by atoms with Crippen LogP contribution in [0.2, 0.25) is 0 Å². The number of aromatic nitrogens is 2. The van der Waals surface area contributed by atoms with E-state index in [4.69, 9.17) is 9.90 Å². The van der Waals surface area contributed by atoms with Crippen molar-refractivity contribution in [1.29, 1.82) is 0 Å². The maximum Gasteiger partial charge on any atom is 0.290 e. The molecule has 0 unspecified atom stereocenters. The van der Waals surface area contributed by atoms with Crippen molar-refractivity contribution in [3.63, 3.8) is 0 Å². The number of fused-ring (bicyclic) bond motifs is 1. The first-order valence-electron chi connectivity index (χ1n) is 8.81. The third-order valence-electron chi connectivity index (χ3n) is 4.95. The van der Waals surface area contributed by atoms with E-state index >= 15 is 0 Å². The van der Waals surface area contributed by atoms with Crippen LogP contribution in [0.4, 0.5) is 0 Å². The van der Waals surface area contributed by atoms with Gasteiger partial charge in [0.15, 0.2) is 0 Å². The number of carbonyl (C=O) groups is 2. The van der Waals surface area contributed by atoms with Crippen molar-refractivity contribution in [3.05, 3.63) is 30.2 Å². The fraction of sp³-hybridized carbons (Fsp3) is 0.526. The van der Waals surface area contributed by atoms with Gasteiger partial charge in [0, 0.05) is 43.8 Å². The molecule has 3 heterocycles. The molecule has 0 spiro atoms. The van der Waals surface area contributed by atoms with Gasteiger partial charge in [-0.05, 0) is 37.3 Å². The van der Waals surface area contributed by atoms with Crippen molar-refractivity contribution >= 4 is 23.3 Å². The topological polar surface area (TPSA) is 75.4 Å². The number of pyridine rings is 1. The van der Waals surface area contributed by atoms with Crippen LogP contribution >= 0.6 is 0 Å². The molecule has 136 valence electrons. The summed E-state index contributed by atoms with van der Waals surface area (Å²) in [5.41, 5.74) is 2.39. The number of carboxylic acid groups (broad SMARTS) is 1. The minimum absolute atomic E-state index is 0.204. The van der Waals surface area contributed by atoms with E-state index in [-0.39, 0.29) is 12.4 Å². The Morgan fingerprint density at radius 1 is 1.36 bits per heavy atom. The predicted molar refractivity (Wildman–Crippen MR) is 97.3 cm³/mol. The first-order chi connectivity index (χ1) is 12.0. The van der Waals surface area contributed by atoms with Gasteiger partial charge in [0.1, 0.15) is 0 Å². The molecular weight excluding hydrogens is 318 g/mol. The van der Waals surface area contributed by atoms with Crippen LogP contribution in [0.25, 0.3) is 10.9 Å². The summed E-state index contributed by atoms with van der Waals surface area (Å²) in [5.74, 6) is 1.09. The van der Waals surface area contributed by atoms with Crippen LogP contribution in [-0.2, 0) is 23.1 Å². The number of aryl methyl sites for hydroxylation is 1. The third-order valence-corrected chi connectivity index (χ3v) is 4.95. The maximum absolute atomic E-state index is 12.3. The second-order valence-electron chi connectivity index (χ2n) is 6.55. The van der Waals surface area contributed by atoms with Crippen molar-refractivity contribution in [2.24, 2.45) is 18.9 Å². The van der Waals surface area contributed by atoms with Gasteiger partial charge in [-0.1, -0.05) is 13.8 Å². The van der Waals surface area contributed by atoms with E-state index < -0.39 is 0 Å². The Morgan fingerprint density at radius 3 is 2.60 bits per heavy atom. The van der Waals surface area contributed by atoms with E-state index in [1.807, 2.05) is 11.1 Å². The standard InChI is InChI=1S/C18H25N3O.CH2O2/c1-4-14(5-2)18(22)21-11-13(12-21)10-16-17-15(6-8-19-16)7-9-20(17)3;2-1-3/h6-9,13-14H,4-5,10-12H2,1-3H3;1H,(H,2,3). The average Bonchev–Trinajstić information content (AvgIpc) is 2.94. The Bertz CT molecular complexity index is 716. The van der Waals surface area contributed by atoms with Gasteiger partial charge in [-0.15, -0.1) is 0 Å². The molecular formula is C19H27N3O3. The second kappa shape index (κ2) is 8.65. The quantitative estimate of drug-likeness (QED) is 0.846. The fourth-order valence-electron chi connectivity index (χ4n) is 3.52. The molecule has 3 rings (SSSR count). The summed E-state index contributed by atoms with van der Waals surface area (Å²) < 4.78 is 2.14. The van der Waals surface area contributed by atoms with E-state index in [1.54, 1.807) is 0 Å². The Kier molecular flexibility index (Phi) is 6.56. The molecule has 0 radical (unpaired) electrons. The Balaban J connectivity index is 0.000000701. The smallest absolute Gasteiger partial charge is 0.290 e. The first kappa shape index (κ1) is 19.0. The van der Waals surface area contributed by atoms with E-state index in [9.17, 15) is 4.79 Å². The summed E-state index contributed by atoms with van der Waals surface area (Å²) in [5, 5.41) is 8.14. The monoisotopic (exact) mass is 345 g/mol. The Hall–Kier alpha value is -2.37. The van der Waals surface area contributed by atoms with Crippen molar-refractivity contribution in [2.75, 3.05) is 13.1 Å². The van der Waals surface area contributed by atoms with E-state index in [1.165, 1.54) is 10.9 Å². The molecule has 0 saturated carbocycles. The SMILES string of the molecule is CCC(CC)C(=O)N1CC(Cc2nccc3ccn(C)c23)C1.O=CO. The molecule has 25 heavy (non-hydrogen) atoms. The van der Waals surface area contributed by atoms with Gasteiger partial charge in [-0.3, -0.25) is 14.6 Å². The molecule has 0 atom stereocenters. The lowest BCUT2D eigenvalue weighted by molar-refractivity contribution is -0.142. The lowest BCUT2D eigenvalue weighted by atomic mass is 9.91. The molecule has 1 aliphatic rings. The molecule has 0 bridgehead atoms. The van der Waals surface area contributed by atoms with Crippen LogP contribution in [0.3, 0.4) is 0 Å². The lowest BCUT2D eigenvalue weighted by Crippen LogP contribution is -2.52. The highest BCUT2D eigenvalue weighted by Gasteiger charge is 2.33. The number of rotatable bonds is 5. The number of hydrogen-bond acceptors (Lipinski definition) is 3. The molecule has 1 saturated heterocycles. The number of hydrogen-bond donors (Lipinski definition) is 1. The Morgan fingerprint density at radius 2 is 2.00 bits per heavy atom. The van der Waals surface area contributed by atoms with Gasteiger partial charge < -0.3 is 14.6 Å². The van der Waals surface area contributed by atoms with E-state index in [0.29, 0.717) is 11.8 Å². The van der Waals surface area contributed by atoms with Gasteiger partial charge in [0.25, 0.3) is 6.47 Å². The van der Waals surface area contributed by atoms with Crippen LogP contribution in [-0.4, -0.2) is 45.0 Å². The predicted octanol–water partition coefficient (Wildman–Crippen LogP) is 2.71. The van der Waals surface area contributed by atoms with Crippen LogP contribution in [0, 0.1) is 11.8 Å². The number of carbonyl (C=O) groups excluding carboxylic acids is 1. The molecule has 1 amide bonds. The zero-order chi connectivity index (χ0) is 18.4. The minimum atomic E-state index is -0.250. The normalized spacial score (nSPS) is 14.2. The van der Waals surface area contributed by atoms with Gasteiger partial charge in [0.2, 0.25) is 5.91 Å². The van der Waals surface area contributed by atoms with Crippen LogP contribution in [0.1, 0.15) is 32.4 Å². The minimum Gasteiger partial charge on any atom is -0.483 e. The highest BCUT2D eigenvalue weighted by Crippen LogP contribution is 2.26. The van der Waals surface area contributed by atoms with Crippen LogP contribution in [0.15, 0.2) is 24.5 Å². The Labute approximate surface area is 148 Å². The second-order valence-corrected chi connectivity index (χ2v) is 6.55. The van der Waals surface area contributed by atoms with Gasteiger partial charge in [-0.25, -0.2) is 0 Å². The van der Waals surface area contributed by atoms with Gasteiger partial charge in [0.05, 0.1) is 11.2 Å². The molecule has 1 N–H and O–H groups in total. The lowest BCUT2D eigenvalue weighted by Gasteiger charge is -2.41. The molecule has 0 aliphatic carbocycles. The number of amides is 1. The molecule has 0 aromatic carbocycles. The summed E-state index contributed by atoms with van der Waals surface area (Å²) in [4.78, 5) is 27.3. The maximum atomic E-state index is 12.3. The first-order valence-corrected chi connectivity index (χ1v) is 8.81. The van der Waals surface area contributed by atoms with Crippen molar-refractivity contribution < 1.29 is 14.7 Å². The van der Waals surface area contributed by atoms with E-state index in [0.717, 1.165) is 38.0 Å². The zero-order valence-electron chi connectivity index (χ0n) is 15.2. The fourth-order valence-corrected chi connectivity index (χ4v) is 3.52. The molecule has 2 aromatic heterocycles. The molecule has 6 heteroatoms. The summed E-state index contributed by atoms with van der Waals surface area (Å²) in [6, 6.07) is 4.19. The van der Waals surface area contributed by atoms with Crippen molar-refractivity contribution in [1.82, 2.24) is 14.5 Å². The highest BCUT2D eigenvalue weighted by molar-refractivity contribution is 5.82. The number of likely N-dealkylation sites (tertiary alicyclic amines) is 1. The average molecular weight is 345 g/mol. The molecule has 1 fully saturated rings. The zero-order valence-corrected chi connectivity index (χ0v) is 15.2. The van der Waals surface area contributed by atoms with Gasteiger partial charge >= 0.3 is 0 Å². The number of nitrogens with zero attached hydrogens (tertiary/aromatic N) is 3.